The van der Waals surface area contributed by atoms with Gasteiger partial charge in [-0.3, -0.25) is 9.78 Å². The van der Waals surface area contributed by atoms with Crippen LogP contribution in [0, 0.1) is 12.7 Å². The number of carboxylic acid groups (broad SMARTS) is 1. The molecule has 8 nitrogen and oxygen atoms in total. The first-order chi connectivity index (χ1) is 18.8. The Bertz CT molecular complexity index is 1540. The molecule has 0 aliphatic carbocycles. The quantitative estimate of drug-likeness (QED) is 0.250. The molecule has 1 saturated heterocycles. The normalized spacial score (nSPS) is 16.7. The lowest BCUT2D eigenvalue weighted by molar-refractivity contribution is -0.116. The van der Waals surface area contributed by atoms with Gasteiger partial charge < -0.3 is 25.1 Å². The maximum absolute atomic E-state index is 14.0. The minimum atomic E-state index is -0.997. The number of hydrogen-bond acceptors (Lipinski definition) is 5. The molecule has 0 unspecified atom stereocenters. The minimum absolute atomic E-state index is 0.0604. The van der Waals surface area contributed by atoms with Gasteiger partial charge in [0.15, 0.2) is 5.11 Å². The van der Waals surface area contributed by atoms with E-state index < -0.39 is 17.8 Å². The van der Waals surface area contributed by atoms with Crippen LogP contribution in [0.5, 0.6) is 0 Å². The van der Waals surface area contributed by atoms with Gasteiger partial charge in [-0.25, -0.2) is 9.18 Å². The van der Waals surface area contributed by atoms with Crippen molar-refractivity contribution in [2.24, 2.45) is 0 Å². The molecular weight excluding hydrogens is 519 g/mol. The summed E-state index contributed by atoms with van der Waals surface area (Å²) < 4.78 is 20.3. The lowest BCUT2D eigenvalue weighted by Gasteiger charge is -2.26. The number of aromatic nitrogens is 1. The Morgan fingerprint density at radius 1 is 1.13 bits per heavy atom. The molecular formula is C29H25FN4O4S. The van der Waals surface area contributed by atoms with Gasteiger partial charge in [0.05, 0.1) is 23.0 Å². The van der Waals surface area contributed by atoms with Gasteiger partial charge in [0.2, 0.25) is 5.91 Å². The third-order valence-corrected chi connectivity index (χ3v) is 6.93. The van der Waals surface area contributed by atoms with Crippen LogP contribution in [0.3, 0.4) is 0 Å². The Morgan fingerprint density at radius 3 is 2.64 bits per heavy atom. The maximum atomic E-state index is 14.0. The van der Waals surface area contributed by atoms with Crippen molar-refractivity contribution in [3.63, 3.8) is 0 Å². The number of carboxylic acids is 1. The molecule has 0 spiro atoms. The second-order valence-corrected chi connectivity index (χ2v) is 9.52. The van der Waals surface area contributed by atoms with Crippen LogP contribution in [0.4, 0.5) is 10.1 Å². The molecule has 3 heterocycles. The van der Waals surface area contributed by atoms with Crippen LogP contribution >= 0.6 is 12.2 Å². The van der Waals surface area contributed by atoms with E-state index in [0.29, 0.717) is 16.6 Å². The molecule has 1 aliphatic rings. The first-order valence-electron chi connectivity index (χ1n) is 12.3. The van der Waals surface area contributed by atoms with Crippen LogP contribution in [0.15, 0.2) is 83.4 Å². The van der Waals surface area contributed by atoms with Gasteiger partial charge in [0, 0.05) is 24.7 Å². The smallest absolute Gasteiger partial charge is 0.335 e. The fraction of sp³-hybridized carbons (Fsp3) is 0.172. The molecule has 4 aromatic rings. The summed E-state index contributed by atoms with van der Waals surface area (Å²) in [4.78, 5) is 30.4. The van der Waals surface area contributed by atoms with Gasteiger partial charge in [0.25, 0.3) is 0 Å². The molecule has 0 radical (unpaired) electrons. The van der Waals surface area contributed by atoms with E-state index in [4.69, 9.17) is 16.6 Å². The van der Waals surface area contributed by atoms with Crippen molar-refractivity contribution in [3.8, 4) is 11.3 Å². The van der Waals surface area contributed by atoms with E-state index in [0.717, 1.165) is 16.8 Å². The summed E-state index contributed by atoms with van der Waals surface area (Å²) in [5, 5.41) is 15.7. The van der Waals surface area contributed by atoms with E-state index >= 15 is 0 Å². The standard InChI is InChI=1S/C29H25FN4O4S/c1-17-16-18(28(36)37)9-10-19(17)23-11-12-24(38-23)27-26(22-8-4-5-14-31-22)33-29(39)34(27)15-13-25(35)32-21-7-3-2-6-20(21)30/h2-12,14,16,26-27H,13,15H2,1H3,(H,32,35)(H,33,39)(H,36,37)/t26-,27+/m1/s1. The van der Waals surface area contributed by atoms with Gasteiger partial charge in [-0.05, 0) is 73.2 Å². The summed E-state index contributed by atoms with van der Waals surface area (Å²) >= 11 is 5.65. The molecule has 198 valence electrons. The number of pyridine rings is 1. The molecule has 5 rings (SSSR count). The van der Waals surface area contributed by atoms with Crippen molar-refractivity contribution in [1.29, 1.82) is 0 Å². The molecule has 10 heteroatoms. The largest absolute Gasteiger partial charge is 0.478 e. The molecule has 3 N–H and O–H groups in total. The first kappa shape index (κ1) is 26.1. The van der Waals surface area contributed by atoms with Crippen molar-refractivity contribution >= 4 is 34.9 Å². The Hall–Kier alpha value is -4.57. The highest BCUT2D eigenvalue weighted by Crippen LogP contribution is 2.41. The van der Waals surface area contributed by atoms with Gasteiger partial charge in [-0.15, -0.1) is 0 Å². The minimum Gasteiger partial charge on any atom is -0.478 e. The SMILES string of the molecule is Cc1cc(C(=O)O)ccc1-c1ccc([C@H]2[C@@H](c3ccccn3)NC(=S)N2CCC(=O)Nc2ccccc2F)o1. The number of carbonyl (C=O) groups is 2. The average Bonchev–Trinajstić information content (AvgIpc) is 3.53. The monoisotopic (exact) mass is 544 g/mol. The maximum Gasteiger partial charge on any atom is 0.335 e. The van der Waals surface area contributed by atoms with Gasteiger partial charge in [0.1, 0.15) is 23.4 Å². The lowest BCUT2D eigenvalue weighted by Crippen LogP contribution is -2.32. The summed E-state index contributed by atoms with van der Waals surface area (Å²) in [6, 6.07) is 19.4. The zero-order valence-electron chi connectivity index (χ0n) is 20.9. The Balaban J connectivity index is 1.42. The number of anilines is 1. The van der Waals surface area contributed by atoms with Crippen molar-refractivity contribution in [3.05, 3.63) is 107 Å². The number of nitrogens with one attached hydrogen (secondary N) is 2. The summed E-state index contributed by atoms with van der Waals surface area (Å²) in [6.45, 7) is 2.08. The number of furan rings is 1. The number of thiocarbonyl (C=S) groups is 1. The number of aromatic carboxylic acids is 1. The fourth-order valence-electron chi connectivity index (χ4n) is 4.68. The fourth-order valence-corrected chi connectivity index (χ4v) is 5.01. The van der Waals surface area contributed by atoms with Crippen molar-refractivity contribution in [2.75, 3.05) is 11.9 Å². The van der Waals surface area contributed by atoms with Gasteiger partial charge >= 0.3 is 5.97 Å². The highest BCUT2D eigenvalue weighted by molar-refractivity contribution is 7.80. The highest BCUT2D eigenvalue weighted by atomic mass is 32.1. The van der Waals surface area contributed by atoms with Crippen molar-refractivity contribution in [1.82, 2.24) is 15.2 Å². The third-order valence-electron chi connectivity index (χ3n) is 6.58. The molecule has 0 bridgehead atoms. The molecule has 1 amide bonds. The van der Waals surface area contributed by atoms with E-state index in [1.54, 1.807) is 30.5 Å². The predicted octanol–water partition coefficient (Wildman–Crippen LogP) is 5.49. The third kappa shape index (κ3) is 5.51. The number of nitrogens with zero attached hydrogens (tertiary/aromatic N) is 2. The van der Waals surface area contributed by atoms with Gasteiger partial charge in [-0.1, -0.05) is 24.3 Å². The van der Waals surface area contributed by atoms with E-state index in [-0.39, 0.29) is 36.2 Å². The number of para-hydroxylation sites is 1. The average molecular weight is 545 g/mol. The van der Waals surface area contributed by atoms with E-state index in [1.807, 2.05) is 42.2 Å². The molecule has 0 saturated carbocycles. The van der Waals surface area contributed by atoms with Crippen LogP contribution in [0.2, 0.25) is 0 Å². The van der Waals surface area contributed by atoms with Crippen LogP contribution in [-0.4, -0.2) is 38.5 Å². The van der Waals surface area contributed by atoms with Crippen molar-refractivity contribution < 1.29 is 23.5 Å². The van der Waals surface area contributed by atoms with Crippen molar-refractivity contribution in [2.45, 2.75) is 25.4 Å². The van der Waals surface area contributed by atoms with Crippen LogP contribution in [0.25, 0.3) is 11.3 Å². The second kappa shape index (κ2) is 11.0. The van der Waals surface area contributed by atoms with Gasteiger partial charge in [-0.2, -0.15) is 0 Å². The summed E-state index contributed by atoms with van der Waals surface area (Å²) in [7, 11) is 0. The number of carbonyl (C=O) groups excluding carboxylic acids is 1. The number of benzene rings is 2. The number of amides is 1. The lowest BCUT2D eigenvalue weighted by atomic mass is 10.0. The highest BCUT2D eigenvalue weighted by Gasteiger charge is 2.41. The van der Waals surface area contributed by atoms with E-state index in [9.17, 15) is 19.1 Å². The zero-order chi connectivity index (χ0) is 27.5. The second-order valence-electron chi connectivity index (χ2n) is 9.13. The number of hydrogen-bond donors (Lipinski definition) is 3. The molecule has 1 fully saturated rings. The number of rotatable bonds is 8. The number of aryl methyl sites for hydroxylation is 1. The topological polar surface area (TPSA) is 108 Å². The summed E-state index contributed by atoms with van der Waals surface area (Å²) in [5.41, 5.74) is 2.60. The van der Waals surface area contributed by atoms with E-state index in [1.165, 1.54) is 18.2 Å². The molecule has 39 heavy (non-hydrogen) atoms. The molecule has 2 aromatic carbocycles. The van der Waals surface area contributed by atoms with Crippen LogP contribution in [0.1, 0.15) is 45.9 Å². The van der Waals surface area contributed by atoms with E-state index in [2.05, 4.69) is 15.6 Å². The molecule has 2 atom stereocenters. The predicted molar refractivity (Wildman–Crippen MR) is 148 cm³/mol. The Morgan fingerprint density at radius 2 is 1.92 bits per heavy atom. The first-order valence-corrected chi connectivity index (χ1v) is 12.7. The Labute approximate surface area is 229 Å². The molecule has 2 aromatic heterocycles. The summed E-state index contributed by atoms with van der Waals surface area (Å²) in [6.07, 6.45) is 1.76. The van der Waals surface area contributed by atoms with Crippen LogP contribution in [-0.2, 0) is 4.79 Å². The van der Waals surface area contributed by atoms with Crippen LogP contribution < -0.4 is 10.6 Å². The molecule has 1 aliphatic heterocycles. The summed E-state index contributed by atoms with van der Waals surface area (Å²) in [5.74, 6) is -0.675. The zero-order valence-corrected chi connectivity index (χ0v) is 21.7. The Kier molecular flexibility index (Phi) is 7.38. The number of halogens is 1.